The zero-order valence-corrected chi connectivity index (χ0v) is 9.31. The van der Waals surface area contributed by atoms with E-state index in [0.717, 1.165) is 5.69 Å². The van der Waals surface area contributed by atoms with Gasteiger partial charge in [-0.25, -0.2) is 0 Å². The van der Waals surface area contributed by atoms with Gasteiger partial charge in [-0.05, 0) is 27.7 Å². The summed E-state index contributed by atoms with van der Waals surface area (Å²) in [5, 5.41) is 3.87. The predicted octanol–water partition coefficient (Wildman–Crippen LogP) is 2.77. The first-order valence-electron chi connectivity index (χ1n) is 4.33. The average Bonchev–Trinajstić information content (AvgIpc) is 2.50. The molecule has 0 spiro atoms. The largest absolute Gasteiger partial charge is 0.364 e. The van der Waals surface area contributed by atoms with Gasteiger partial charge in [0.15, 0.2) is 0 Å². The number of aromatic nitrogens is 1. The first-order valence-corrected chi connectivity index (χ1v) is 5.14. The molecule has 1 unspecified atom stereocenters. The lowest BCUT2D eigenvalue weighted by molar-refractivity contribution is 0.405. The van der Waals surface area contributed by atoms with Gasteiger partial charge in [-0.15, -0.1) is 0 Å². The molecule has 1 heterocycles. The maximum absolute atomic E-state index is 4.77. The Bertz CT molecular complexity index is 241. The highest BCUT2D eigenvalue weighted by Crippen LogP contribution is 2.23. The molecule has 1 aromatic heterocycles. The molecule has 0 aliphatic carbocycles. The molecule has 0 aromatic carbocycles. The Labute approximate surface area is 83.4 Å². The summed E-state index contributed by atoms with van der Waals surface area (Å²) in [7, 11) is 0. The third-order valence-electron chi connectivity index (χ3n) is 1.44. The fourth-order valence-corrected chi connectivity index (χ4v) is 1.42. The summed E-state index contributed by atoms with van der Waals surface area (Å²) < 4.78 is 8.31. The number of rotatable bonds is 3. The number of hydrogen-bond acceptors (Lipinski definition) is 4. The van der Waals surface area contributed by atoms with E-state index in [2.05, 4.69) is 37.6 Å². The van der Waals surface area contributed by atoms with Crippen LogP contribution < -0.4 is 4.72 Å². The zero-order chi connectivity index (χ0) is 9.90. The van der Waals surface area contributed by atoms with Gasteiger partial charge in [0, 0.05) is 10.8 Å². The van der Waals surface area contributed by atoms with Crippen LogP contribution in [-0.2, 0) is 0 Å². The molecule has 1 atom stereocenters. The van der Waals surface area contributed by atoms with Crippen molar-refractivity contribution in [2.45, 2.75) is 38.5 Å². The van der Waals surface area contributed by atoms with Crippen LogP contribution in [0.3, 0.4) is 0 Å². The van der Waals surface area contributed by atoms with Crippen LogP contribution >= 0.6 is 11.9 Å². The molecule has 0 fully saturated rings. The molecular formula is C9H16N2OS. The SMILES string of the molecule is CC(NSC(C)(C)C)c1ccon1. The molecule has 13 heavy (non-hydrogen) atoms. The first-order chi connectivity index (χ1) is 5.99. The monoisotopic (exact) mass is 200 g/mol. The minimum Gasteiger partial charge on any atom is -0.364 e. The number of nitrogens with zero attached hydrogens (tertiary/aromatic N) is 1. The maximum atomic E-state index is 4.77. The molecule has 0 radical (unpaired) electrons. The highest BCUT2D eigenvalue weighted by atomic mass is 32.2. The quantitative estimate of drug-likeness (QED) is 0.761. The first kappa shape index (κ1) is 10.6. The van der Waals surface area contributed by atoms with E-state index in [1.807, 2.05) is 6.07 Å². The van der Waals surface area contributed by atoms with Crippen LogP contribution in [0.1, 0.15) is 39.4 Å². The van der Waals surface area contributed by atoms with Gasteiger partial charge in [0.2, 0.25) is 0 Å². The lowest BCUT2D eigenvalue weighted by Crippen LogP contribution is -2.19. The Kier molecular flexibility index (Phi) is 3.39. The van der Waals surface area contributed by atoms with Crippen molar-refractivity contribution in [1.29, 1.82) is 0 Å². The van der Waals surface area contributed by atoms with Gasteiger partial charge in [0.25, 0.3) is 0 Å². The van der Waals surface area contributed by atoms with Crippen molar-refractivity contribution >= 4 is 11.9 Å². The van der Waals surface area contributed by atoms with Crippen LogP contribution in [0, 0.1) is 0 Å². The lowest BCUT2D eigenvalue weighted by atomic mass is 10.3. The number of hydrogen-bond donors (Lipinski definition) is 1. The fourth-order valence-electron chi connectivity index (χ4n) is 0.771. The molecule has 74 valence electrons. The van der Waals surface area contributed by atoms with Gasteiger partial charge in [0.1, 0.15) is 12.0 Å². The van der Waals surface area contributed by atoms with E-state index in [0.29, 0.717) is 0 Å². The third-order valence-corrected chi connectivity index (χ3v) is 2.53. The van der Waals surface area contributed by atoms with Crippen molar-refractivity contribution in [3.63, 3.8) is 0 Å². The van der Waals surface area contributed by atoms with Gasteiger partial charge >= 0.3 is 0 Å². The van der Waals surface area contributed by atoms with E-state index < -0.39 is 0 Å². The second-order valence-electron chi connectivity index (χ2n) is 3.98. The van der Waals surface area contributed by atoms with Crippen molar-refractivity contribution < 1.29 is 4.52 Å². The summed E-state index contributed by atoms with van der Waals surface area (Å²) in [5.74, 6) is 0. The topological polar surface area (TPSA) is 38.1 Å². The minimum atomic E-state index is 0.220. The Morgan fingerprint density at radius 2 is 2.23 bits per heavy atom. The molecule has 0 saturated heterocycles. The van der Waals surface area contributed by atoms with E-state index in [1.165, 1.54) is 0 Å². The lowest BCUT2D eigenvalue weighted by Gasteiger charge is -2.20. The Morgan fingerprint density at radius 3 is 2.69 bits per heavy atom. The molecule has 0 amide bonds. The van der Waals surface area contributed by atoms with Crippen molar-refractivity contribution in [2.24, 2.45) is 0 Å². The summed E-state index contributed by atoms with van der Waals surface area (Å²) in [6.07, 6.45) is 1.59. The smallest absolute Gasteiger partial charge is 0.124 e. The van der Waals surface area contributed by atoms with Crippen molar-refractivity contribution in [3.8, 4) is 0 Å². The molecule has 1 rings (SSSR count). The van der Waals surface area contributed by atoms with Crippen molar-refractivity contribution in [3.05, 3.63) is 18.0 Å². The minimum absolute atomic E-state index is 0.220. The Morgan fingerprint density at radius 1 is 1.54 bits per heavy atom. The molecule has 3 nitrogen and oxygen atoms in total. The summed E-state index contributed by atoms with van der Waals surface area (Å²) in [5.41, 5.74) is 0.941. The average molecular weight is 200 g/mol. The molecule has 4 heteroatoms. The molecule has 0 aliphatic rings. The van der Waals surface area contributed by atoms with Gasteiger partial charge in [-0.2, -0.15) is 0 Å². The third kappa shape index (κ3) is 3.83. The highest BCUT2D eigenvalue weighted by molar-refractivity contribution is 7.98. The van der Waals surface area contributed by atoms with Crippen molar-refractivity contribution in [2.75, 3.05) is 0 Å². The Balaban J connectivity index is 2.39. The Hall–Kier alpha value is -0.480. The predicted molar refractivity (Wildman–Crippen MR) is 55.4 cm³/mol. The standard InChI is InChI=1S/C9H16N2OS/c1-7(8-5-6-12-10-8)11-13-9(2,3)4/h5-7,11H,1-4H3. The maximum Gasteiger partial charge on any atom is 0.124 e. The van der Waals surface area contributed by atoms with Crippen LogP contribution in [0.4, 0.5) is 0 Å². The van der Waals surface area contributed by atoms with E-state index in [-0.39, 0.29) is 10.8 Å². The molecule has 0 aliphatic heterocycles. The second-order valence-corrected chi connectivity index (χ2v) is 5.64. The summed E-state index contributed by atoms with van der Waals surface area (Å²) >= 11 is 1.71. The zero-order valence-electron chi connectivity index (χ0n) is 8.50. The van der Waals surface area contributed by atoms with E-state index >= 15 is 0 Å². The summed E-state index contributed by atoms with van der Waals surface area (Å²) in [6.45, 7) is 8.57. The van der Waals surface area contributed by atoms with Gasteiger partial charge in [0.05, 0.1) is 6.04 Å². The van der Waals surface area contributed by atoms with E-state index in [4.69, 9.17) is 4.52 Å². The second kappa shape index (κ2) is 4.15. The van der Waals surface area contributed by atoms with Crippen LogP contribution in [0.15, 0.2) is 16.9 Å². The van der Waals surface area contributed by atoms with Gasteiger partial charge in [-0.1, -0.05) is 17.1 Å². The van der Waals surface area contributed by atoms with Gasteiger partial charge < -0.3 is 4.52 Å². The summed E-state index contributed by atoms with van der Waals surface area (Å²) in [6, 6.07) is 2.10. The molecular weight excluding hydrogens is 184 g/mol. The normalized spacial score (nSPS) is 14.5. The molecule has 0 bridgehead atoms. The van der Waals surface area contributed by atoms with Crippen molar-refractivity contribution in [1.82, 2.24) is 9.88 Å². The van der Waals surface area contributed by atoms with E-state index in [9.17, 15) is 0 Å². The van der Waals surface area contributed by atoms with Crippen LogP contribution in [0.2, 0.25) is 0 Å². The van der Waals surface area contributed by atoms with Crippen LogP contribution in [-0.4, -0.2) is 9.90 Å². The van der Waals surface area contributed by atoms with E-state index in [1.54, 1.807) is 18.2 Å². The van der Waals surface area contributed by atoms with Crippen LogP contribution in [0.5, 0.6) is 0 Å². The fraction of sp³-hybridized carbons (Fsp3) is 0.667. The van der Waals surface area contributed by atoms with Crippen LogP contribution in [0.25, 0.3) is 0 Å². The highest BCUT2D eigenvalue weighted by Gasteiger charge is 2.14. The number of nitrogens with one attached hydrogen (secondary N) is 1. The van der Waals surface area contributed by atoms with Gasteiger partial charge in [-0.3, -0.25) is 4.72 Å². The molecule has 0 saturated carbocycles. The summed E-state index contributed by atoms with van der Waals surface area (Å²) in [4.78, 5) is 0. The molecule has 1 aromatic rings. The molecule has 1 N–H and O–H groups in total.